The van der Waals surface area contributed by atoms with Gasteiger partial charge in [-0.15, -0.1) is 0 Å². The predicted molar refractivity (Wildman–Crippen MR) is 87.0 cm³/mol. The minimum atomic E-state index is 0.556. The third-order valence-electron chi connectivity index (χ3n) is 5.37. The fourth-order valence-corrected chi connectivity index (χ4v) is 4.30. The molecule has 1 saturated carbocycles. The van der Waals surface area contributed by atoms with E-state index in [4.69, 9.17) is 4.52 Å². The standard InChI is InChI=1S/C17H23N5O/c1-12-7-14(20-23-12)10-22-9-13-3-4-16(15(13)11-22)21(2)17-8-18-5-6-19-17/h5-8,13,15-16H,3-4,9-11H2,1-2H3/t13-,15+,16-/m1/s1. The third kappa shape index (κ3) is 2.83. The van der Waals surface area contributed by atoms with Crippen LogP contribution in [-0.4, -0.2) is 46.2 Å². The minimum absolute atomic E-state index is 0.556. The normalized spacial score (nSPS) is 27.3. The van der Waals surface area contributed by atoms with Crippen molar-refractivity contribution in [3.63, 3.8) is 0 Å². The van der Waals surface area contributed by atoms with Gasteiger partial charge in [0.1, 0.15) is 11.6 Å². The first-order valence-electron chi connectivity index (χ1n) is 8.34. The lowest BCUT2D eigenvalue weighted by Crippen LogP contribution is -2.38. The minimum Gasteiger partial charge on any atom is -0.361 e. The van der Waals surface area contributed by atoms with E-state index in [1.54, 1.807) is 12.4 Å². The SMILES string of the molecule is Cc1cc(CN2C[C@H]3CC[C@@H](N(C)c4cnccn4)[C@H]3C2)no1. The summed E-state index contributed by atoms with van der Waals surface area (Å²) in [4.78, 5) is 13.5. The molecule has 23 heavy (non-hydrogen) atoms. The van der Waals surface area contributed by atoms with Crippen molar-refractivity contribution >= 4 is 5.82 Å². The Labute approximate surface area is 136 Å². The number of aryl methyl sites for hydroxylation is 1. The van der Waals surface area contributed by atoms with Crippen molar-refractivity contribution in [1.29, 1.82) is 0 Å². The highest BCUT2D eigenvalue weighted by molar-refractivity contribution is 5.36. The molecule has 0 unspecified atom stereocenters. The largest absolute Gasteiger partial charge is 0.361 e. The molecule has 0 spiro atoms. The van der Waals surface area contributed by atoms with Gasteiger partial charge in [0.15, 0.2) is 0 Å². The number of likely N-dealkylation sites (tertiary alicyclic amines) is 1. The van der Waals surface area contributed by atoms with Gasteiger partial charge in [-0.05, 0) is 31.6 Å². The molecule has 2 aromatic heterocycles. The van der Waals surface area contributed by atoms with E-state index in [0.717, 1.165) is 36.3 Å². The topological polar surface area (TPSA) is 58.3 Å². The molecule has 0 bridgehead atoms. The summed E-state index contributed by atoms with van der Waals surface area (Å²) in [5.74, 6) is 3.35. The molecule has 0 amide bonds. The van der Waals surface area contributed by atoms with Gasteiger partial charge in [0.05, 0.1) is 11.9 Å². The van der Waals surface area contributed by atoms with E-state index in [-0.39, 0.29) is 0 Å². The molecule has 0 aromatic carbocycles. The molecule has 3 heterocycles. The van der Waals surface area contributed by atoms with E-state index in [1.165, 1.54) is 19.4 Å². The highest BCUT2D eigenvalue weighted by atomic mass is 16.5. The Morgan fingerprint density at radius 1 is 1.30 bits per heavy atom. The van der Waals surface area contributed by atoms with Crippen molar-refractivity contribution in [2.75, 3.05) is 25.0 Å². The monoisotopic (exact) mass is 313 g/mol. The smallest absolute Gasteiger partial charge is 0.147 e. The number of anilines is 1. The van der Waals surface area contributed by atoms with Crippen LogP contribution in [0.5, 0.6) is 0 Å². The average molecular weight is 313 g/mol. The zero-order chi connectivity index (χ0) is 15.8. The second kappa shape index (κ2) is 5.92. The summed E-state index contributed by atoms with van der Waals surface area (Å²) in [5.41, 5.74) is 1.04. The van der Waals surface area contributed by atoms with Crippen LogP contribution in [0.2, 0.25) is 0 Å². The van der Waals surface area contributed by atoms with Crippen LogP contribution in [0.4, 0.5) is 5.82 Å². The first-order valence-corrected chi connectivity index (χ1v) is 8.34. The zero-order valence-electron chi connectivity index (χ0n) is 13.7. The average Bonchev–Trinajstić information content (AvgIpc) is 3.24. The number of aromatic nitrogens is 3. The summed E-state index contributed by atoms with van der Waals surface area (Å²) < 4.78 is 5.19. The fraction of sp³-hybridized carbons (Fsp3) is 0.588. The molecule has 0 radical (unpaired) electrons. The number of rotatable bonds is 4. The van der Waals surface area contributed by atoms with Gasteiger partial charge < -0.3 is 9.42 Å². The van der Waals surface area contributed by atoms with Crippen LogP contribution in [0.1, 0.15) is 24.3 Å². The van der Waals surface area contributed by atoms with Crippen molar-refractivity contribution in [3.05, 3.63) is 36.1 Å². The molecule has 1 aliphatic carbocycles. The molecule has 0 N–H and O–H groups in total. The number of hydrogen-bond donors (Lipinski definition) is 0. The van der Waals surface area contributed by atoms with E-state index in [0.29, 0.717) is 12.0 Å². The van der Waals surface area contributed by atoms with Crippen molar-refractivity contribution in [3.8, 4) is 0 Å². The number of hydrogen-bond acceptors (Lipinski definition) is 6. The molecule has 2 aliphatic rings. The molecule has 6 nitrogen and oxygen atoms in total. The molecular weight excluding hydrogens is 290 g/mol. The maximum absolute atomic E-state index is 5.19. The lowest BCUT2D eigenvalue weighted by Gasteiger charge is -2.30. The first-order chi connectivity index (χ1) is 11.2. The maximum Gasteiger partial charge on any atom is 0.147 e. The maximum atomic E-state index is 5.19. The highest BCUT2D eigenvalue weighted by Gasteiger charge is 2.44. The van der Waals surface area contributed by atoms with E-state index in [2.05, 4.69) is 32.0 Å². The second-order valence-corrected chi connectivity index (χ2v) is 6.87. The number of fused-ring (bicyclic) bond motifs is 1. The quantitative estimate of drug-likeness (QED) is 0.862. The lowest BCUT2D eigenvalue weighted by atomic mass is 9.97. The van der Waals surface area contributed by atoms with E-state index < -0.39 is 0 Å². The van der Waals surface area contributed by atoms with E-state index >= 15 is 0 Å². The second-order valence-electron chi connectivity index (χ2n) is 6.87. The highest BCUT2D eigenvalue weighted by Crippen LogP contribution is 2.41. The van der Waals surface area contributed by atoms with Gasteiger partial charge in [0.25, 0.3) is 0 Å². The van der Waals surface area contributed by atoms with Crippen molar-refractivity contribution in [2.45, 2.75) is 32.4 Å². The van der Waals surface area contributed by atoms with E-state index in [1.807, 2.05) is 19.2 Å². The molecule has 3 atom stereocenters. The summed E-state index contributed by atoms with van der Waals surface area (Å²) >= 11 is 0. The van der Waals surface area contributed by atoms with Gasteiger partial charge >= 0.3 is 0 Å². The zero-order valence-corrected chi connectivity index (χ0v) is 13.7. The molecule has 2 fully saturated rings. The van der Waals surface area contributed by atoms with Gasteiger partial charge in [-0.3, -0.25) is 9.88 Å². The Balaban J connectivity index is 1.43. The van der Waals surface area contributed by atoms with Crippen LogP contribution in [0.25, 0.3) is 0 Å². The Hall–Kier alpha value is -1.95. The molecule has 122 valence electrons. The lowest BCUT2D eigenvalue weighted by molar-refractivity contribution is 0.284. The van der Waals surface area contributed by atoms with Gasteiger partial charge in [-0.2, -0.15) is 0 Å². The van der Waals surface area contributed by atoms with Gasteiger partial charge in [-0.1, -0.05) is 5.16 Å². The molecule has 2 aromatic rings. The molecule has 4 rings (SSSR count). The van der Waals surface area contributed by atoms with Gasteiger partial charge in [-0.25, -0.2) is 4.98 Å². The van der Waals surface area contributed by atoms with Crippen molar-refractivity contribution in [1.82, 2.24) is 20.0 Å². The van der Waals surface area contributed by atoms with E-state index in [9.17, 15) is 0 Å². The summed E-state index contributed by atoms with van der Waals surface area (Å²) in [6.45, 7) is 5.14. The van der Waals surface area contributed by atoms with Crippen LogP contribution in [0, 0.1) is 18.8 Å². The Morgan fingerprint density at radius 3 is 2.96 bits per heavy atom. The van der Waals surface area contributed by atoms with Crippen LogP contribution >= 0.6 is 0 Å². The molecule has 1 saturated heterocycles. The predicted octanol–water partition coefficient (Wildman–Crippen LogP) is 2.12. The Bertz CT molecular complexity index is 658. The van der Waals surface area contributed by atoms with Gasteiger partial charge in [0, 0.05) is 51.2 Å². The van der Waals surface area contributed by atoms with Crippen LogP contribution in [0.3, 0.4) is 0 Å². The summed E-state index contributed by atoms with van der Waals surface area (Å²) in [5, 5.41) is 4.13. The molecule has 1 aliphatic heterocycles. The van der Waals surface area contributed by atoms with Crippen molar-refractivity contribution in [2.24, 2.45) is 11.8 Å². The van der Waals surface area contributed by atoms with Crippen LogP contribution in [0.15, 0.2) is 29.2 Å². The molecular formula is C17H23N5O. The first kappa shape index (κ1) is 14.6. The molecule has 6 heteroatoms. The summed E-state index contributed by atoms with van der Waals surface area (Å²) in [7, 11) is 2.15. The van der Waals surface area contributed by atoms with Gasteiger partial charge in [0.2, 0.25) is 0 Å². The fourth-order valence-electron chi connectivity index (χ4n) is 4.30. The Morgan fingerprint density at radius 2 is 2.22 bits per heavy atom. The Kier molecular flexibility index (Phi) is 3.77. The summed E-state index contributed by atoms with van der Waals surface area (Å²) in [6.07, 6.45) is 7.91. The van der Waals surface area contributed by atoms with Crippen LogP contribution in [-0.2, 0) is 6.54 Å². The third-order valence-corrected chi connectivity index (χ3v) is 5.37. The number of nitrogens with zero attached hydrogens (tertiary/aromatic N) is 5. The summed E-state index contributed by atoms with van der Waals surface area (Å²) in [6, 6.07) is 2.60. The van der Waals surface area contributed by atoms with Crippen LogP contribution < -0.4 is 4.90 Å². The van der Waals surface area contributed by atoms with Crippen molar-refractivity contribution < 1.29 is 4.52 Å².